The summed E-state index contributed by atoms with van der Waals surface area (Å²) < 4.78 is 6.10. The van der Waals surface area contributed by atoms with Crippen molar-refractivity contribution in [3.63, 3.8) is 0 Å². The minimum atomic E-state index is -0.224. The van der Waals surface area contributed by atoms with Crippen molar-refractivity contribution < 1.29 is 14.0 Å². The van der Waals surface area contributed by atoms with E-state index in [0.29, 0.717) is 17.8 Å². The quantitative estimate of drug-likeness (QED) is 0.488. The van der Waals surface area contributed by atoms with Gasteiger partial charge in [-0.3, -0.25) is 9.59 Å². The van der Waals surface area contributed by atoms with Gasteiger partial charge in [0.05, 0.1) is 22.0 Å². The van der Waals surface area contributed by atoms with E-state index in [0.717, 1.165) is 32.9 Å². The molecule has 0 fully saturated rings. The lowest BCUT2D eigenvalue weighted by Crippen LogP contribution is -2.28. The Labute approximate surface area is 176 Å². The molecular weight excluding hydrogens is 398 g/mol. The number of thiazole rings is 1. The van der Waals surface area contributed by atoms with Crippen molar-refractivity contribution in [3.05, 3.63) is 83.3 Å². The van der Waals surface area contributed by atoms with Crippen LogP contribution in [-0.4, -0.2) is 23.3 Å². The Morgan fingerprint density at radius 1 is 1.17 bits per heavy atom. The number of furan rings is 1. The van der Waals surface area contributed by atoms with E-state index in [9.17, 15) is 9.59 Å². The van der Waals surface area contributed by atoms with E-state index < -0.39 is 0 Å². The third-order valence-electron chi connectivity index (χ3n) is 4.94. The summed E-state index contributed by atoms with van der Waals surface area (Å²) in [6, 6.07) is 15.1. The van der Waals surface area contributed by atoms with E-state index in [2.05, 4.69) is 10.3 Å². The van der Waals surface area contributed by atoms with Crippen molar-refractivity contribution in [1.82, 2.24) is 4.98 Å². The van der Waals surface area contributed by atoms with Crippen LogP contribution in [0.2, 0.25) is 0 Å². The van der Waals surface area contributed by atoms with Crippen LogP contribution in [0.15, 0.2) is 71.6 Å². The standard InChI is InChI=1S/C23H17N3O3S/c27-21(7-8-22-25-18-3-1-2-4-20(18)30-22)24-17-5-6-19-15(13-17)9-11-26(19)23(28)16-10-12-29-14-16/h1-8,10,12-14H,9,11H2,(H,24,27)/b8-7+. The second-order valence-electron chi connectivity index (χ2n) is 6.90. The first kappa shape index (κ1) is 18.3. The molecule has 1 aliphatic heterocycles. The predicted molar refractivity (Wildman–Crippen MR) is 118 cm³/mol. The first-order chi connectivity index (χ1) is 14.7. The third-order valence-corrected chi connectivity index (χ3v) is 5.95. The maximum atomic E-state index is 12.6. The van der Waals surface area contributed by atoms with Crippen molar-refractivity contribution in [3.8, 4) is 0 Å². The Balaban J connectivity index is 1.28. The van der Waals surface area contributed by atoms with Gasteiger partial charge in [-0.25, -0.2) is 4.98 Å². The van der Waals surface area contributed by atoms with Crippen LogP contribution in [0.5, 0.6) is 0 Å². The number of nitrogens with one attached hydrogen (secondary N) is 1. The van der Waals surface area contributed by atoms with Gasteiger partial charge in [0.2, 0.25) is 5.91 Å². The van der Waals surface area contributed by atoms with E-state index in [1.807, 2.05) is 42.5 Å². The Hall–Kier alpha value is -3.71. The number of para-hydroxylation sites is 1. The zero-order chi connectivity index (χ0) is 20.5. The Kier molecular flexibility index (Phi) is 4.65. The summed E-state index contributed by atoms with van der Waals surface area (Å²) in [5, 5.41) is 3.67. The fraction of sp³-hybridized carbons (Fsp3) is 0.0870. The topological polar surface area (TPSA) is 75.4 Å². The molecule has 2 aromatic carbocycles. The monoisotopic (exact) mass is 415 g/mol. The van der Waals surface area contributed by atoms with Gasteiger partial charge in [0.25, 0.3) is 5.91 Å². The van der Waals surface area contributed by atoms with Gasteiger partial charge in [0.15, 0.2) is 0 Å². The largest absolute Gasteiger partial charge is 0.472 e. The van der Waals surface area contributed by atoms with Crippen LogP contribution in [0.25, 0.3) is 16.3 Å². The lowest BCUT2D eigenvalue weighted by atomic mass is 10.1. The molecule has 4 aromatic rings. The number of anilines is 2. The number of hydrogen-bond acceptors (Lipinski definition) is 5. The zero-order valence-corrected chi connectivity index (χ0v) is 16.7. The molecule has 2 amide bonds. The highest BCUT2D eigenvalue weighted by Crippen LogP contribution is 2.31. The van der Waals surface area contributed by atoms with Crippen LogP contribution in [0.4, 0.5) is 11.4 Å². The molecule has 0 bridgehead atoms. The van der Waals surface area contributed by atoms with Crippen LogP contribution < -0.4 is 10.2 Å². The SMILES string of the molecule is O=C(/C=C/c1nc2ccccc2s1)Nc1ccc2c(c1)CCN2C(=O)c1ccoc1. The summed E-state index contributed by atoms with van der Waals surface area (Å²) in [4.78, 5) is 31.2. The molecule has 30 heavy (non-hydrogen) atoms. The molecule has 148 valence electrons. The molecule has 0 spiro atoms. The lowest BCUT2D eigenvalue weighted by molar-refractivity contribution is -0.111. The van der Waals surface area contributed by atoms with Gasteiger partial charge in [0.1, 0.15) is 11.3 Å². The molecule has 3 heterocycles. The normalized spacial score (nSPS) is 13.1. The summed E-state index contributed by atoms with van der Waals surface area (Å²) in [5.74, 6) is -0.309. The molecule has 6 nitrogen and oxygen atoms in total. The van der Waals surface area contributed by atoms with Crippen LogP contribution in [0, 0.1) is 0 Å². The number of rotatable bonds is 4. The number of amides is 2. The zero-order valence-electron chi connectivity index (χ0n) is 15.9. The van der Waals surface area contributed by atoms with Crippen LogP contribution >= 0.6 is 11.3 Å². The number of aromatic nitrogens is 1. The van der Waals surface area contributed by atoms with Gasteiger partial charge in [0, 0.05) is 24.0 Å². The van der Waals surface area contributed by atoms with Gasteiger partial charge in [-0.1, -0.05) is 12.1 Å². The molecule has 7 heteroatoms. The smallest absolute Gasteiger partial charge is 0.261 e. The first-order valence-electron chi connectivity index (χ1n) is 9.49. The highest BCUT2D eigenvalue weighted by atomic mass is 32.1. The maximum absolute atomic E-state index is 12.6. The van der Waals surface area contributed by atoms with Gasteiger partial charge in [-0.05, 0) is 54.5 Å². The molecule has 0 aliphatic carbocycles. The number of carbonyl (C=O) groups is 2. The van der Waals surface area contributed by atoms with E-state index >= 15 is 0 Å². The second-order valence-corrected chi connectivity index (χ2v) is 7.97. The Bertz CT molecular complexity index is 1240. The van der Waals surface area contributed by atoms with Crippen molar-refractivity contribution >= 4 is 50.8 Å². The predicted octanol–water partition coefficient (Wildman–Crippen LogP) is 4.74. The van der Waals surface area contributed by atoms with Crippen molar-refractivity contribution in [2.24, 2.45) is 0 Å². The maximum Gasteiger partial charge on any atom is 0.261 e. The number of nitrogens with zero attached hydrogens (tertiary/aromatic N) is 2. The molecule has 1 aliphatic rings. The second kappa shape index (κ2) is 7.61. The summed E-state index contributed by atoms with van der Waals surface area (Å²) in [7, 11) is 0. The van der Waals surface area contributed by atoms with Gasteiger partial charge in [-0.15, -0.1) is 11.3 Å². The van der Waals surface area contributed by atoms with Crippen molar-refractivity contribution in [1.29, 1.82) is 0 Å². The Morgan fingerprint density at radius 2 is 2.07 bits per heavy atom. The molecule has 0 atom stereocenters. The van der Waals surface area contributed by atoms with Gasteiger partial charge in [-0.2, -0.15) is 0 Å². The van der Waals surface area contributed by atoms with E-state index in [4.69, 9.17) is 4.42 Å². The minimum absolute atomic E-state index is 0.0851. The van der Waals surface area contributed by atoms with Crippen LogP contribution in [0.1, 0.15) is 20.9 Å². The van der Waals surface area contributed by atoms with Crippen LogP contribution in [0.3, 0.4) is 0 Å². The van der Waals surface area contributed by atoms with E-state index in [-0.39, 0.29) is 11.8 Å². The summed E-state index contributed by atoms with van der Waals surface area (Å²) in [6.07, 6.45) is 6.89. The molecule has 2 aromatic heterocycles. The molecule has 0 radical (unpaired) electrons. The van der Waals surface area contributed by atoms with Gasteiger partial charge >= 0.3 is 0 Å². The fourth-order valence-electron chi connectivity index (χ4n) is 3.52. The Morgan fingerprint density at radius 3 is 2.90 bits per heavy atom. The molecular formula is C23H17N3O3S. The summed E-state index contributed by atoms with van der Waals surface area (Å²) >= 11 is 1.54. The molecule has 0 saturated heterocycles. The highest BCUT2D eigenvalue weighted by Gasteiger charge is 2.26. The number of fused-ring (bicyclic) bond motifs is 2. The fourth-order valence-corrected chi connectivity index (χ4v) is 4.39. The first-order valence-corrected chi connectivity index (χ1v) is 10.3. The number of hydrogen-bond donors (Lipinski definition) is 1. The lowest BCUT2D eigenvalue weighted by Gasteiger charge is -2.16. The minimum Gasteiger partial charge on any atom is -0.472 e. The molecule has 0 unspecified atom stereocenters. The molecule has 1 N–H and O–H groups in total. The van der Waals surface area contributed by atoms with E-state index in [1.165, 1.54) is 18.6 Å². The number of carbonyl (C=O) groups excluding carboxylic acids is 2. The van der Waals surface area contributed by atoms with Crippen LogP contribution in [-0.2, 0) is 11.2 Å². The molecule has 5 rings (SSSR count). The summed E-state index contributed by atoms with van der Waals surface area (Å²) in [5.41, 5.74) is 4.05. The van der Waals surface area contributed by atoms with Crippen molar-refractivity contribution in [2.45, 2.75) is 6.42 Å². The van der Waals surface area contributed by atoms with Gasteiger partial charge < -0.3 is 14.6 Å². The van der Waals surface area contributed by atoms with Crippen molar-refractivity contribution in [2.75, 3.05) is 16.8 Å². The number of benzene rings is 2. The third kappa shape index (κ3) is 3.51. The summed E-state index contributed by atoms with van der Waals surface area (Å²) in [6.45, 7) is 0.605. The average molecular weight is 415 g/mol. The van der Waals surface area contributed by atoms with E-state index in [1.54, 1.807) is 28.4 Å². The average Bonchev–Trinajstić information content (AvgIpc) is 3.50. The molecule has 0 saturated carbocycles. The highest BCUT2D eigenvalue weighted by molar-refractivity contribution is 7.19.